The van der Waals surface area contributed by atoms with E-state index in [0.717, 1.165) is 16.8 Å². The van der Waals surface area contributed by atoms with Crippen molar-refractivity contribution in [2.45, 2.75) is 40.7 Å². The maximum Gasteiger partial charge on any atom is 0.224 e. The fourth-order valence-corrected chi connectivity index (χ4v) is 2.22. The second-order valence-electron chi connectivity index (χ2n) is 5.19. The highest BCUT2D eigenvalue weighted by molar-refractivity contribution is 5.79. The number of amides is 1. The molecule has 2 rings (SSSR count). The Morgan fingerprint density at radius 2 is 2.00 bits per heavy atom. The highest BCUT2D eigenvalue weighted by atomic mass is 16.5. The van der Waals surface area contributed by atoms with E-state index in [1.54, 1.807) is 0 Å². The van der Waals surface area contributed by atoms with Crippen molar-refractivity contribution in [3.63, 3.8) is 0 Å². The molecule has 0 saturated carbocycles. The Balaban J connectivity index is 1.96. The third kappa shape index (κ3) is 3.26. The van der Waals surface area contributed by atoms with Crippen molar-refractivity contribution >= 4 is 5.91 Å². The Morgan fingerprint density at radius 1 is 1.25 bits per heavy atom. The fourth-order valence-electron chi connectivity index (χ4n) is 2.22. The molecule has 1 amide bonds. The summed E-state index contributed by atoms with van der Waals surface area (Å²) in [5, 5.41) is 6.80. The third-order valence-corrected chi connectivity index (χ3v) is 3.49. The van der Waals surface area contributed by atoms with E-state index in [4.69, 9.17) is 4.52 Å². The number of rotatable bonds is 4. The molecule has 1 heterocycles. The van der Waals surface area contributed by atoms with Crippen molar-refractivity contribution in [3.8, 4) is 0 Å². The Morgan fingerprint density at radius 3 is 2.60 bits per heavy atom. The van der Waals surface area contributed by atoms with Crippen LogP contribution in [-0.4, -0.2) is 11.1 Å². The van der Waals surface area contributed by atoms with Gasteiger partial charge in [-0.1, -0.05) is 28.9 Å². The monoisotopic (exact) mass is 272 g/mol. The summed E-state index contributed by atoms with van der Waals surface area (Å²) in [6.45, 7) is 8.35. The largest absolute Gasteiger partial charge is 0.361 e. The first-order valence-electron chi connectivity index (χ1n) is 6.72. The zero-order valence-corrected chi connectivity index (χ0v) is 12.4. The van der Waals surface area contributed by atoms with Crippen LogP contribution < -0.4 is 5.32 Å². The van der Waals surface area contributed by atoms with Gasteiger partial charge in [-0.15, -0.1) is 0 Å². The summed E-state index contributed by atoms with van der Waals surface area (Å²) >= 11 is 0. The van der Waals surface area contributed by atoms with Crippen LogP contribution in [0.1, 0.15) is 33.7 Å². The van der Waals surface area contributed by atoms with Crippen molar-refractivity contribution in [2.24, 2.45) is 0 Å². The normalized spacial score (nSPS) is 10.6. The molecule has 0 aliphatic carbocycles. The van der Waals surface area contributed by atoms with Crippen LogP contribution in [0.5, 0.6) is 0 Å². The molecule has 0 spiro atoms. The number of carbonyl (C=O) groups excluding carboxylic acids is 1. The van der Waals surface area contributed by atoms with Crippen LogP contribution in [0.2, 0.25) is 0 Å². The molecule has 0 aliphatic rings. The molecule has 0 bridgehead atoms. The molecule has 1 N–H and O–H groups in total. The SMILES string of the molecule is Cc1ccc(CNC(=O)Cc2c(C)noc2C)c(C)c1. The average Bonchev–Trinajstić information content (AvgIpc) is 2.69. The summed E-state index contributed by atoms with van der Waals surface area (Å²) in [5.74, 6) is 0.698. The smallest absolute Gasteiger partial charge is 0.224 e. The van der Waals surface area contributed by atoms with Crippen LogP contribution in [0.3, 0.4) is 0 Å². The topological polar surface area (TPSA) is 55.1 Å². The van der Waals surface area contributed by atoms with Crippen LogP contribution in [-0.2, 0) is 17.8 Å². The van der Waals surface area contributed by atoms with E-state index in [1.165, 1.54) is 11.1 Å². The van der Waals surface area contributed by atoms with Gasteiger partial charge in [0, 0.05) is 12.1 Å². The van der Waals surface area contributed by atoms with Crippen LogP contribution in [0.25, 0.3) is 0 Å². The molecule has 1 aromatic heterocycles. The molecule has 0 aliphatic heterocycles. The van der Waals surface area contributed by atoms with Crippen molar-refractivity contribution in [1.29, 1.82) is 0 Å². The number of nitrogens with one attached hydrogen (secondary N) is 1. The van der Waals surface area contributed by atoms with Gasteiger partial charge in [-0.3, -0.25) is 4.79 Å². The van der Waals surface area contributed by atoms with Crippen LogP contribution in [0, 0.1) is 27.7 Å². The van der Waals surface area contributed by atoms with Gasteiger partial charge in [0.15, 0.2) is 0 Å². The van der Waals surface area contributed by atoms with E-state index in [2.05, 4.69) is 42.5 Å². The Kier molecular flexibility index (Phi) is 4.23. The van der Waals surface area contributed by atoms with Crippen molar-refractivity contribution in [1.82, 2.24) is 10.5 Å². The number of aryl methyl sites for hydroxylation is 4. The Labute approximate surface area is 119 Å². The molecule has 106 valence electrons. The van der Waals surface area contributed by atoms with E-state index in [-0.39, 0.29) is 5.91 Å². The number of carbonyl (C=O) groups is 1. The zero-order valence-electron chi connectivity index (χ0n) is 12.4. The Hall–Kier alpha value is -2.10. The number of hydrogen-bond donors (Lipinski definition) is 1. The summed E-state index contributed by atoms with van der Waals surface area (Å²) in [7, 11) is 0. The first kappa shape index (κ1) is 14.3. The van der Waals surface area contributed by atoms with Gasteiger partial charge in [-0.2, -0.15) is 0 Å². The minimum absolute atomic E-state index is 0.0145. The molecule has 0 atom stereocenters. The quantitative estimate of drug-likeness (QED) is 0.931. The summed E-state index contributed by atoms with van der Waals surface area (Å²) in [6, 6.07) is 6.24. The van der Waals surface area contributed by atoms with Crippen LogP contribution in [0.4, 0.5) is 0 Å². The molecule has 0 unspecified atom stereocenters. The number of nitrogens with zero attached hydrogens (tertiary/aromatic N) is 1. The zero-order chi connectivity index (χ0) is 14.7. The maximum absolute atomic E-state index is 12.0. The Bertz CT molecular complexity index is 610. The second kappa shape index (κ2) is 5.90. The first-order valence-corrected chi connectivity index (χ1v) is 6.72. The average molecular weight is 272 g/mol. The molecule has 0 saturated heterocycles. The van der Waals surface area contributed by atoms with Gasteiger partial charge in [0.2, 0.25) is 5.91 Å². The molecule has 20 heavy (non-hydrogen) atoms. The van der Waals surface area contributed by atoms with Crippen LogP contribution in [0.15, 0.2) is 22.7 Å². The molecule has 1 aromatic carbocycles. The molecule has 2 aromatic rings. The fraction of sp³-hybridized carbons (Fsp3) is 0.375. The maximum atomic E-state index is 12.0. The van der Waals surface area contributed by atoms with Crippen molar-refractivity contribution < 1.29 is 9.32 Å². The van der Waals surface area contributed by atoms with Gasteiger partial charge < -0.3 is 9.84 Å². The second-order valence-corrected chi connectivity index (χ2v) is 5.19. The van der Waals surface area contributed by atoms with E-state index < -0.39 is 0 Å². The lowest BCUT2D eigenvalue weighted by Gasteiger charge is -2.08. The molecule has 0 radical (unpaired) electrons. The summed E-state index contributed by atoms with van der Waals surface area (Å²) in [5.41, 5.74) is 5.23. The van der Waals surface area contributed by atoms with Gasteiger partial charge in [0.1, 0.15) is 5.76 Å². The van der Waals surface area contributed by atoms with E-state index >= 15 is 0 Å². The lowest BCUT2D eigenvalue weighted by Crippen LogP contribution is -2.25. The minimum atomic E-state index is -0.0145. The summed E-state index contributed by atoms with van der Waals surface area (Å²) in [4.78, 5) is 12.0. The highest BCUT2D eigenvalue weighted by Gasteiger charge is 2.13. The minimum Gasteiger partial charge on any atom is -0.361 e. The van der Waals surface area contributed by atoms with Gasteiger partial charge in [0.25, 0.3) is 0 Å². The number of hydrogen-bond acceptors (Lipinski definition) is 3. The molecule has 4 nitrogen and oxygen atoms in total. The van der Waals surface area contributed by atoms with Crippen molar-refractivity contribution in [3.05, 3.63) is 51.9 Å². The number of benzene rings is 1. The van der Waals surface area contributed by atoms with Gasteiger partial charge in [-0.05, 0) is 38.8 Å². The first-order chi connectivity index (χ1) is 9.47. The lowest BCUT2D eigenvalue weighted by molar-refractivity contribution is -0.120. The standard InChI is InChI=1S/C16H20N2O2/c1-10-5-6-14(11(2)7-10)9-17-16(19)8-15-12(3)18-20-13(15)4/h5-7H,8-9H2,1-4H3,(H,17,19). The summed E-state index contributed by atoms with van der Waals surface area (Å²) < 4.78 is 5.06. The predicted octanol–water partition coefficient (Wildman–Crippen LogP) is 2.77. The van der Waals surface area contributed by atoms with E-state index in [9.17, 15) is 4.79 Å². The number of aromatic nitrogens is 1. The lowest BCUT2D eigenvalue weighted by atomic mass is 10.1. The predicted molar refractivity (Wildman–Crippen MR) is 77.4 cm³/mol. The highest BCUT2D eigenvalue weighted by Crippen LogP contribution is 2.13. The van der Waals surface area contributed by atoms with Gasteiger partial charge in [0.05, 0.1) is 12.1 Å². The third-order valence-electron chi connectivity index (χ3n) is 3.49. The van der Waals surface area contributed by atoms with E-state index in [1.807, 2.05) is 13.8 Å². The van der Waals surface area contributed by atoms with Crippen molar-refractivity contribution in [2.75, 3.05) is 0 Å². The summed E-state index contributed by atoms with van der Waals surface area (Å²) in [6.07, 6.45) is 0.312. The molecule has 0 fully saturated rings. The molecular weight excluding hydrogens is 252 g/mol. The molecule has 4 heteroatoms. The van der Waals surface area contributed by atoms with Crippen LogP contribution >= 0.6 is 0 Å². The van der Waals surface area contributed by atoms with E-state index in [0.29, 0.717) is 18.7 Å². The van der Waals surface area contributed by atoms with Gasteiger partial charge in [-0.25, -0.2) is 0 Å². The molecular formula is C16H20N2O2. The van der Waals surface area contributed by atoms with Gasteiger partial charge >= 0.3 is 0 Å².